The van der Waals surface area contributed by atoms with Gasteiger partial charge in [0.25, 0.3) is 5.69 Å². The van der Waals surface area contributed by atoms with Crippen molar-refractivity contribution in [3.8, 4) is 5.75 Å². The van der Waals surface area contributed by atoms with Gasteiger partial charge in [0.2, 0.25) is 0 Å². The number of rotatable bonds is 6. The topological polar surface area (TPSA) is 122 Å². The van der Waals surface area contributed by atoms with Crippen LogP contribution in [0.1, 0.15) is 12.5 Å². The molecule has 0 bridgehead atoms. The molecule has 2 N–H and O–H groups in total. The molecule has 8 nitrogen and oxygen atoms in total. The Balaban J connectivity index is 2.45. The van der Waals surface area contributed by atoms with Crippen molar-refractivity contribution < 1.29 is 14.6 Å². The summed E-state index contributed by atoms with van der Waals surface area (Å²) < 4.78 is 5.78. The molecule has 2 aromatic carbocycles. The Bertz CT molecular complexity index is 735. The maximum absolute atomic E-state index is 11.2. The maximum Gasteiger partial charge on any atom is 0.317 e. The molecular weight excluding hydrogens is 302 g/mol. The van der Waals surface area contributed by atoms with Gasteiger partial charge in [-0.3, -0.25) is 20.2 Å². The molecule has 0 aliphatic heterocycles. The summed E-state index contributed by atoms with van der Waals surface area (Å²) in [5.74, 6) is -0.0718. The number of hydrogen-bond acceptors (Lipinski definition) is 6. The summed E-state index contributed by atoms with van der Waals surface area (Å²) >= 11 is 0. The van der Waals surface area contributed by atoms with Gasteiger partial charge in [-0.1, -0.05) is 30.3 Å². The molecule has 0 fully saturated rings. The van der Waals surface area contributed by atoms with Crippen LogP contribution in [0.5, 0.6) is 5.75 Å². The summed E-state index contributed by atoms with van der Waals surface area (Å²) in [5, 5.41) is 22.0. The van der Waals surface area contributed by atoms with Crippen LogP contribution in [0.4, 0.5) is 11.4 Å². The second-order valence-electron chi connectivity index (χ2n) is 5.07. The fourth-order valence-corrected chi connectivity index (χ4v) is 2.10. The van der Waals surface area contributed by atoms with Gasteiger partial charge in [0.05, 0.1) is 15.9 Å². The van der Waals surface area contributed by atoms with Gasteiger partial charge in [0, 0.05) is 12.6 Å². The quantitative estimate of drug-likeness (QED) is 0.645. The highest BCUT2D eigenvalue weighted by Gasteiger charge is 2.31. The minimum Gasteiger partial charge on any atom is -0.474 e. The van der Waals surface area contributed by atoms with Crippen LogP contribution in [0.3, 0.4) is 0 Å². The number of nitrogens with zero attached hydrogens (tertiary/aromatic N) is 2. The normalized spacial score (nSPS) is 13.1. The van der Waals surface area contributed by atoms with Crippen LogP contribution in [0.2, 0.25) is 0 Å². The smallest absolute Gasteiger partial charge is 0.317 e. The lowest BCUT2D eigenvalue weighted by Gasteiger charge is -2.29. The summed E-state index contributed by atoms with van der Waals surface area (Å²) in [4.78, 5) is 20.5. The van der Waals surface area contributed by atoms with E-state index in [0.717, 1.165) is 17.7 Å². The van der Waals surface area contributed by atoms with E-state index in [1.54, 1.807) is 31.2 Å². The van der Waals surface area contributed by atoms with E-state index in [1.807, 2.05) is 6.07 Å². The molecule has 0 saturated carbocycles. The minimum absolute atomic E-state index is 0.0718. The number of hydrogen-bond donors (Lipinski definition) is 1. The second kappa shape index (κ2) is 6.41. The fraction of sp³-hybridized carbons (Fsp3) is 0.200. The van der Waals surface area contributed by atoms with Crippen molar-refractivity contribution in [3.05, 3.63) is 74.3 Å². The monoisotopic (exact) mass is 317 g/mol. The number of non-ortho nitro benzene ring substituents is 1. The lowest BCUT2D eigenvalue weighted by atomic mass is 9.96. The number of nitro groups is 2. The molecule has 0 radical (unpaired) electrons. The largest absolute Gasteiger partial charge is 0.474 e. The number of nitro benzene ring substituents is 2. The van der Waals surface area contributed by atoms with E-state index >= 15 is 0 Å². The Morgan fingerprint density at radius 3 is 2.26 bits per heavy atom. The van der Waals surface area contributed by atoms with E-state index in [1.165, 1.54) is 6.07 Å². The van der Waals surface area contributed by atoms with E-state index in [0.29, 0.717) is 0 Å². The Kier molecular flexibility index (Phi) is 4.56. The summed E-state index contributed by atoms with van der Waals surface area (Å²) in [5.41, 5.74) is 4.68. The highest BCUT2D eigenvalue weighted by Crippen LogP contribution is 2.36. The molecule has 120 valence electrons. The van der Waals surface area contributed by atoms with Gasteiger partial charge in [-0.15, -0.1) is 0 Å². The van der Waals surface area contributed by atoms with Crippen LogP contribution in [0, 0.1) is 20.2 Å². The van der Waals surface area contributed by atoms with E-state index in [9.17, 15) is 20.2 Å². The van der Waals surface area contributed by atoms with Crippen LogP contribution >= 0.6 is 0 Å². The van der Waals surface area contributed by atoms with Crippen LogP contribution in [-0.4, -0.2) is 16.4 Å². The van der Waals surface area contributed by atoms with E-state index < -0.39 is 21.1 Å². The first kappa shape index (κ1) is 16.4. The molecule has 0 spiro atoms. The standard InChI is InChI=1S/C15H15N3O5/c1-15(10-16,11-5-3-2-4-6-11)23-14-8-7-12(17(19)20)9-13(14)18(21)22/h2-9H,10,16H2,1H3. The molecule has 0 heterocycles. The zero-order chi connectivity index (χ0) is 17.0. The third-order valence-corrected chi connectivity index (χ3v) is 3.46. The number of benzene rings is 2. The van der Waals surface area contributed by atoms with Crippen molar-refractivity contribution in [1.82, 2.24) is 0 Å². The maximum atomic E-state index is 11.2. The average molecular weight is 317 g/mol. The Morgan fingerprint density at radius 1 is 1.09 bits per heavy atom. The van der Waals surface area contributed by atoms with E-state index in [2.05, 4.69) is 0 Å². The summed E-state index contributed by atoms with van der Waals surface area (Å²) in [6.45, 7) is 1.78. The predicted molar refractivity (Wildman–Crippen MR) is 83.2 cm³/mol. The van der Waals surface area contributed by atoms with Gasteiger partial charge in [-0.2, -0.15) is 0 Å². The molecule has 23 heavy (non-hydrogen) atoms. The first-order valence-corrected chi connectivity index (χ1v) is 6.75. The van der Waals surface area contributed by atoms with Crippen LogP contribution < -0.4 is 10.5 Å². The highest BCUT2D eigenvalue weighted by atomic mass is 16.6. The van der Waals surface area contributed by atoms with Gasteiger partial charge in [-0.05, 0) is 18.6 Å². The van der Waals surface area contributed by atoms with Crippen molar-refractivity contribution >= 4 is 11.4 Å². The van der Waals surface area contributed by atoms with E-state index in [4.69, 9.17) is 10.5 Å². The van der Waals surface area contributed by atoms with Crippen molar-refractivity contribution in [2.45, 2.75) is 12.5 Å². The lowest BCUT2D eigenvalue weighted by molar-refractivity contribution is -0.395. The zero-order valence-corrected chi connectivity index (χ0v) is 12.3. The molecular formula is C15H15N3O5. The third-order valence-electron chi connectivity index (χ3n) is 3.46. The van der Waals surface area contributed by atoms with Crippen molar-refractivity contribution in [2.24, 2.45) is 5.73 Å². The van der Waals surface area contributed by atoms with Crippen molar-refractivity contribution in [2.75, 3.05) is 6.54 Å². The lowest BCUT2D eigenvalue weighted by Crippen LogP contribution is -2.37. The molecule has 0 amide bonds. The van der Waals surface area contributed by atoms with Crippen molar-refractivity contribution in [1.29, 1.82) is 0 Å². The van der Waals surface area contributed by atoms with Gasteiger partial charge >= 0.3 is 5.69 Å². The average Bonchev–Trinajstić information content (AvgIpc) is 2.55. The molecule has 0 aliphatic carbocycles. The van der Waals surface area contributed by atoms with Crippen LogP contribution in [0.15, 0.2) is 48.5 Å². The Morgan fingerprint density at radius 2 is 1.74 bits per heavy atom. The van der Waals surface area contributed by atoms with Gasteiger partial charge in [-0.25, -0.2) is 0 Å². The molecule has 2 rings (SSSR count). The molecule has 1 unspecified atom stereocenters. The Hall–Kier alpha value is -3.00. The minimum atomic E-state index is -0.998. The Labute approximate surface area is 131 Å². The predicted octanol–water partition coefficient (Wildman–Crippen LogP) is 2.76. The fourth-order valence-electron chi connectivity index (χ4n) is 2.10. The van der Waals surface area contributed by atoms with Crippen LogP contribution in [-0.2, 0) is 5.60 Å². The van der Waals surface area contributed by atoms with E-state index in [-0.39, 0.29) is 18.0 Å². The molecule has 0 aliphatic rings. The first-order chi connectivity index (χ1) is 10.9. The molecule has 0 aromatic heterocycles. The molecule has 2 aromatic rings. The van der Waals surface area contributed by atoms with Gasteiger partial charge in [0.1, 0.15) is 5.60 Å². The number of ether oxygens (including phenoxy) is 1. The summed E-state index contributed by atoms with van der Waals surface area (Å²) in [6.07, 6.45) is 0. The SMILES string of the molecule is CC(CN)(Oc1ccc([N+](=O)[O-])cc1[N+](=O)[O-])c1ccccc1. The van der Waals surface area contributed by atoms with Crippen molar-refractivity contribution in [3.63, 3.8) is 0 Å². The summed E-state index contributed by atoms with van der Waals surface area (Å²) in [7, 11) is 0. The number of nitrogens with two attached hydrogens (primary N) is 1. The third kappa shape index (κ3) is 3.43. The summed E-state index contributed by atoms with van der Waals surface area (Å²) in [6, 6.07) is 12.3. The highest BCUT2D eigenvalue weighted by molar-refractivity contribution is 5.54. The van der Waals surface area contributed by atoms with Gasteiger partial charge < -0.3 is 10.5 Å². The second-order valence-corrected chi connectivity index (χ2v) is 5.07. The first-order valence-electron chi connectivity index (χ1n) is 6.75. The zero-order valence-electron chi connectivity index (χ0n) is 12.3. The van der Waals surface area contributed by atoms with Gasteiger partial charge in [0.15, 0.2) is 5.75 Å². The molecule has 0 saturated heterocycles. The van der Waals surface area contributed by atoms with Crippen LogP contribution in [0.25, 0.3) is 0 Å². The molecule has 1 atom stereocenters. The molecule has 8 heteroatoms.